The van der Waals surface area contributed by atoms with Crippen LogP contribution in [0, 0.1) is 32.1 Å². The summed E-state index contributed by atoms with van der Waals surface area (Å²) >= 11 is 0. The molecule has 0 spiro atoms. The van der Waals surface area contributed by atoms with Crippen molar-refractivity contribution in [2.24, 2.45) is 5.73 Å². The fourth-order valence-corrected chi connectivity index (χ4v) is 4.71. The second-order valence-electron chi connectivity index (χ2n) is 9.39. The van der Waals surface area contributed by atoms with E-state index in [1.807, 2.05) is 64.1 Å². The van der Waals surface area contributed by atoms with Gasteiger partial charge in [-0.25, -0.2) is 4.79 Å². The molecule has 0 radical (unpaired) electrons. The molecular formula is C31H28N2O5. The van der Waals surface area contributed by atoms with Crippen molar-refractivity contribution in [3.05, 3.63) is 99.6 Å². The number of carbonyl (C=O) groups excluding carboxylic acids is 1. The molecule has 3 aromatic carbocycles. The first kappa shape index (κ1) is 25.0. The molecule has 7 nitrogen and oxygen atoms in total. The van der Waals surface area contributed by atoms with E-state index in [0.717, 1.165) is 34.1 Å². The fourth-order valence-electron chi connectivity index (χ4n) is 4.71. The second-order valence-corrected chi connectivity index (χ2v) is 9.39. The molecule has 7 heteroatoms. The minimum atomic E-state index is -0.610. The second kappa shape index (κ2) is 9.98. The predicted molar refractivity (Wildman–Crippen MR) is 143 cm³/mol. The summed E-state index contributed by atoms with van der Waals surface area (Å²) < 4.78 is 23.3. The largest absolute Gasteiger partial charge is 0.493 e. The van der Waals surface area contributed by atoms with Crippen molar-refractivity contribution < 1.29 is 23.4 Å². The molecule has 192 valence electrons. The Morgan fingerprint density at radius 3 is 2.58 bits per heavy atom. The quantitative estimate of drug-likeness (QED) is 0.231. The number of nitrogens with two attached hydrogens (primary N) is 1. The molecule has 1 aliphatic rings. The number of aryl methyl sites for hydroxylation is 3. The third-order valence-corrected chi connectivity index (χ3v) is 6.83. The number of nitrogens with zero attached hydrogens (tertiary/aromatic N) is 1. The van der Waals surface area contributed by atoms with E-state index in [9.17, 15) is 10.1 Å². The highest BCUT2D eigenvalue weighted by Crippen LogP contribution is 2.46. The first-order valence-electron chi connectivity index (χ1n) is 12.5. The Kier molecular flexibility index (Phi) is 6.56. The average Bonchev–Trinajstić information content (AvgIpc) is 3.22. The minimum Gasteiger partial charge on any atom is -0.493 e. The van der Waals surface area contributed by atoms with Crippen molar-refractivity contribution in [2.75, 3.05) is 6.61 Å². The highest BCUT2D eigenvalue weighted by molar-refractivity contribution is 5.97. The molecule has 38 heavy (non-hydrogen) atoms. The lowest BCUT2D eigenvalue weighted by Crippen LogP contribution is -2.21. The van der Waals surface area contributed by atoms with Crippen LogP contribution in [-0.2, 0) is 0 Å². The normalized spacial score (nSPS) is 14.6. The van der Waals surface area contributed by atoms with Crippen molar-refractivity contribution in [3.63, 3.8) is 0 Å². The molecule has 0 aliphatic carbocycles. The number of hydrogen-bond donors (Lipinski definition) is 1. The smallest absolute Gasteiger partial charge is 0.379 e. The van der Waals surface area contributed by atoms with Gasteiger partial charge in [0.2, 0.25) is 11.6 Å². The van der Waals surface area contributed by atoms with E-state index in [0.29, 0.717) is 34.8 Å². The molecule has 0 fully saturated rings. The van der Waals surface area contributed by atoms with Gasteiger partial charge < -0.3 is 24.4 Å². The topological polar surface area (TPSA) is 108 Å². The number of hydrogen-bond acceptors (Lipinski definition) is 7. The van der Waals surface area contributed by atoms with E-state index in [1.165, 1.54) is 0 Å². The van der Waals surface area contributed by atoms with Crippen molar-refractivity contribution in [2.45, 2.75) is 40.0 Å². The summed E-state index contributed by atoms with van der Waals surface area (Å²) in [7, 11) is 0. The molecule has 5 rings (SSSR count). The van der Waals surface area contributed by atoms with Crippen molar-refractivity contribution >= 4 is 16.9 Å². The maximum atomic E-state index is 13.1. The zero-order valence-corrected chi connectivity index (χ0v) is 21.8. The van der Waals surface area contributed by atoms with Gasteiger partial charge in [0.15, 0.2) is 0 Å². The molecule has 1 aliphatic heterocycles. The number of ether oxygens (including phenoxy) is 3. The van der Waals surface area contributed by atoms with Crippen molar-refractivity contribution in [1.29, 1.82) is 5.26 Å². The van der Waals surface area contributed by atoms with Gasteiger partial charge in [-0.3, -0.25) is 0 Å². The van der Waals surface area contributed by atoms with Crippen LogP contribution < -0.4 is 19.9 Å². The zero-order chi connectivity index (χ0) is 27.0. The van der Waals surface area contributed by atoms with Crippen molar-refractivity contribution in [3.8, 4) is 23.3 Å². The summed E-state index contributed by atoms with van der Waals surface area (Å²) in [5, 5.41) is 10.8. The predicted octanol–water partition coefficient (Wildman–Crippen LogP) is 6.58. The zero-order valence-electron chi connectivity index (χ0n) is 21.8. The van der Waals surface area contributed by atoms with E-state index in [2.05, 4.69) is 6.07 Å². The third-order valence-electron chi connectivity index (χ3n) is 6.83. The van der Waals surface area contributed by atoms with Crippen LogP contribution in [-0.4, -0.2) is 12.6 Å². The molecule has 0 amide bonds. The van der Waals surface area contributed by atoms with Crippen LogP contribution in [0.25, 0.3) is 11.0 Å². The van der Waals surface area contributed by atoms with Crippen molar-refractivity contribution in [1.82, 2.24) is 0 Å². The summed E-state index contributed by atoms with van der Waals surface area (Å²) in [4.78, 5) is 13.1. The number of rotatable bonds is 6. The lowest BCUT2D eigenvalue weighted by atomic mass is 9.83. The molecule has 0 saturated carbocycles. The fraction of sp³-hybridized carbons (Fsp3) is 0.226. The van der Waals surface area contributed by atoms with Gasteiger partial charge in [-0.1, -0.05) is 31.2 Å². The maximum absolute atomic E-state index is 13.1. The lowest BCUT2D eigenvalue weighted by Gasteiger charge is -2.28. The Morgan fingerprint density at radius 1 is 1.05 bits per heavy atom. The standard InChI is InChI=1S/C31H28N2O5/c1-5-12-35-25-9-7-6-8-21(25)28-22-11-10-20(15-27(22)38-30(33)24(28)16-32)36-31(34)29-19(4)23-13-17(2)18(3)14-26(23)37-29/h6-11,13-15,28H,5,12,33H2,1-4H3. The Labute approximate surface area is 221 Å². The molecule has 0 saturated heterocycles. The summed E-state index contributed by atoms with van der Waals surface area (Å²) in [6.45, 7) is 8.43. The molecule has 2 N–H and O–H groups in total. The molecule has 2 heterocycles. The molecule has 4 aromatic rings. The number of benzene rings is 3. The molecule has 0 bridgehead atoms. The number of fused-ring (bicyclic) bond motifs is 2. The van der Waals surface area contributed by atoms with E-state index in [4.69, 9.17) is 24.4 Å². The first-order chi connectivity index (χ1) is 18.3. The van der Waals surface area contributed by atoms with Gasteiger partial charge in [-0.2, -0.15) is 5.26 Å². The summed E-state index contributed by atoms with van der Waals surface area (Å²) in [6.07, 6.45) is 0.848. The Hall–Kier alpha value is -4.70. The number of nitriles is 1. The number of furan rings is 1. The van der Waals surface area contributed by atoms with Crippen LogP contribution in [0.3, 0.4) is 0 Å². The highest BCUT2D eigenvalue weighted by atomic mass is 16.5. The van der Waals surface area contributed by atoms with Crippen LogP contribution in [0.15, 0.2) is 70.5 Å². The number of carbonyl (C=O) groups is 1. The third kappa shape index (κ3) is 4.35. The molecule has 1 unspecified atom stereocenters. The van der Waals surface area contributed by atoms with Crippen LogP contribution in [0.4, 0.5) is 0 Å². The SMILES string of the molecule is CCCOc1ccccc1C1C(C#N)=C(N)Oc2cc(OC(=O)c3oc4cc(C)c(C)cc4c3C)ccc21. The minimum absolute atomic E-state index is 0.00219. The van der Waals surface area contributed by atoms with E-state index in [-0.39, 0.29) is 17.4 Å². The van der Waals surface area contributed by atoms with E-state index < -0.39 is 11.9 Å². The molecule has 1 aromatic heterocycles. The number of esters is 1. The van der Waals surface area contributed by atoms with Gasteiger partial charge in [0.25, 0.3) is 0 Å². The van der Waals surface area contributed by atoms with Crippen LogP contribution in [0.2, 0.25) is 0 Å². The Balaban J connectivity index is 1.50. The van der Waals surface area contributed by atoms with Gasteiger partial charge in [0, 0.05) is 28.1 Å². The van der Waals surface area contributed by atoms with Gasteiger partial charge in [-0.05, 0) is 62.6 Å². The highest BCUT2D eigenvalue weighted by Gasteiger charge is 2.33. The first-order valence-corrected chi connectivity index (χ1v) is 12.5. The van der Waals surface area contributed by atoms with Crippen LogP contribution >= 0.6 is 0 Å². The molecular weight excluding hydrogens is 480 g/mol. The average molecular weight is 509 g/mol. The van der Waals surface area contributed by atoms with Gasteiger partial charge in [0.1, 0.15) is 34.5 Å². The number of para-hydroxylation sites is 1. The number of allylic oxidation sites excluding steroid dienone is 1. The monoisotopic (exact) mass is 508 g/mol. The maximum Gasteiger partial charge on any atom is 0.379 e. The van der Waals surface area contributed by atoms with E-state index >= 15 is 0 Å². The summed E-state index contributed by atoms with van der Waals surface area (Å²) in [5.41, 5.74) is 11.5. The Bertz CT molecular complexity index is 1640. The van der Waals surface area contributed by atoms with E-state index in [1.54, 1.807) is 18.2 Å². The lowest BCUT2D eigenvalue weighted by molar-refractivity contribution is 0.0702. The molecule has 1 atom stereocenters. The summed E-state index contributed by atoms with van der Waals surface area (Å²) in [6, 6.07) is 18.8. The van der Waals surface area contributed by atoms with Crippen LogP contribution in [0.1, 0.15) is 57.6 Å². The Morgan fingerprint density at radius 2 is 1.82 bits per heavy atom. The van der Waals surface area contributed by atoms with Gasteiger partial charge >= 0.3 is 5.97 Å². The van der Waals surface area contributed by atoms with Gasteiger partial charge in [0.05, 0.1) is 12.5 Å². The van der Waals surface area contributed by atoms with Gasteiger partial charge in [-0.15, -0.1) is 0 Å². The summed E-state index contributed by atoms with van der Waals surface area (Å²) in [5.74, 6) is 0.381. The van der Waals surface area contributed by atoms with Crippen LogP contribution in [0.5, 0.6) is 17.2 Å².